The minimum atomic E-state index is -1.92. The first-order valence-electron chi connectivity index (χ1n) is 11.0. The number of ketones is 1. The number of carbonyl (C=O) groups is 2. The van der Waals surface area contributed by atoms with Crippen LogP contribution in [0.1, 0.15) is 54.9 Å². The van der Waals surface area contributed by atoms with Crippen molar-refractivity contribution in [3.63, 3.8) is 0 Å². The lowest BCUT2D eigenvalue weighted by Crippen LogP contribution is -2.65. The van der Waals surface area contributed by atoms with E-state index in [0.717, 1.165) is 6.42 Å². The Balaban J connectivity index is 1.89. The van der Waals surface area contributed by atoms with Crippen molar-refractivity contribution in [3.8, 4) is 0 Å². The van der Waals surface area contributed by atoms with Gasteiger partial charge in [-0.1, -0.05) is 39.0 Å². The van der Waals surface area contributed by atoms with E-state index in [2.05, 4.69) is 13.8 Å². The predicted octanol–water partition coefficient (Wildman–Crippen LogP) is 3.36. The van der Waals surface area contributed by atoms with E-state index in [1.165, 1.54) is 0 Å². The van der Waals surface area contributed by atoms with Gasteiger partial charge in [0.2, 0.25) is 0 Å². The van der Waals surface area contributed by atoms with Crippen LogP contribution in [0.5, 0.6) is 0 Å². The largest absolute Gasteiger partial charge is 0.451 e. The molecular weight excluding hydrogens is 380 g/mol. The lowest BCUT2D eigenvalue weighted by molar-refractivity contribution is -0.201. The highest BCUT2D eigenvalue weighted by molar-refractivity contribution is 5.95. The molecule has 0 aliphatic heterocycles. The number of hydrogen-bond donors (Lipinski definition) is 2. The Bertz CT molecular complexity index is 908. The molecule has 0 radical (unpaired) electrons. The highest BCUT2D eigenvalue weighted by Crippen LogP contribution is 2.71. The van der Waals surface area contributed by atoms with E-state index >= 15 is 0 Å². The smallest absolute Gasteiger partial charge is 0.334 e. The van der Waals surface area contributed by atoms with Gasteiger partial charge < -0.3 is 14.9 Å². The van der Waals surface area contributed by atoms with Crippen LogP contribution in [-0.2, 0) is 14.3 Å². The minimum Gasteiger partial charge on any atom is -0.451 e. The standard InChI is InChI=1S/C25H34O5/c1-8-12(2)22(28)30-21-14(4)11-24-15(5)10-17-18(23(17,6)7)16(20(24)27)9-13(3)19(26)25(21,24)29/h8-9,11,15-19,21,26,29H,10H2,1-7H3/b12-8+/t15-,16-,17-,18+,19-,21+,24+,25+/m1/s1. The number of fused-ring (bicyclic) bond motifs is 3. The van der Waals surface area contributed by atoms with Crippen LogP contribution in [0.25, 0.3) is 0 Å². The summed E-state index contributed by atoms with van der Waals surface area (Å²) in [5, 5.41) is 23.6. The van der Waals surface area contributed by atoms with Gasteiger partial charge in [-0.05, 0) is 68.4 Å². The minimum absolute atomic E-state index is 0.0490. The molecule has 5 nitrogen and oxygen atoms in total. The number of aliphatic hydroxyl groups excluding tert-OH is 1. The maximum absolute atomic E-state index is 14.1. The molecule has 0 heterocycles. The lowest BCUT2D eigenvalue weighted by atomic mass is 9.59. The Morgan fingerprint density at radius 3 is 2.50 bits per heavy atom. The van der Waals surface area contributed by atoms with Crippen molar-refractivity contribution < 1.29 is 24.5 Å². The van der Waals surface area contributed by atoms with E-state index in [4.69, 9.17) is 4.74 Å². The van der Waals surface area contributed by atoms with Gasteiger partial charge >= 0.3 is 5.97 Å². The number of aliphatic hydroxyl groups is 2. The van der Waals surface area contributed by atoms with E-state index in [-0.39, 0.29) is 29.0 Å². The van der Waals surface area contributed by atoms with Crippen molar-refractivity contribution in [2.75, 3.05) is 0 Å². The van der Waals surface area contributed by atoms with Crippen LogP contribution in [0.15, 0.2) is 34.9 Å². The normalized spacial score (nSPS) is 46.7. The molecule has 2 fully saturated rings. The second-order valence-electron chi connectivity index (χ2n) is 10.6. The fourth-order valence-corrected chi connectivity index (χ4v) is 6.89. The van der Waals surface area contributed by atoms with Crippen LogP contribution in [0.2, 0.25) is 0 Å². The third-order valence-electron chi connectivity index (χ3n) is 8.82. The molecule has 4 aliphatic rings. The van der Waals surface area contributed by atoms with Gasteiger partial charge in [0.25, 0.3) is 0 Å². The molecule has 4 aliphatic carbocycles. The number of ether oxygens (including phenoxy) is 1. The van der Waals surface area contributed by atoms with Crippen LogP contribution in [0.3, 0.4) is 0 Å². The van der Waals surface area contributed by atoms with E-state index in [0.29, 0.717) is 22.6 Å². The summed E-state index contributed by atoms with van der Waals surface area (Å²) >= 11 is 0. The van der Waals surface area contributed by atoms with Crippen molar-refractivity contribution in [1.29, 1.82) is 0 Å². The molecule has 2 bridgehead atoms. The Labute approximate surface area is 178 Å². The molecule has 0 aromatic carbocycles. The summed E-state index contributed by atoms with van der Waals surface area (Å²) in [5.41, 5.74) is -1.53. The maximum Gasteiger partial charge on any atom is 0.334 e. The molecule has 8 atom stereocenters. The van der Waals surface area contributed by atoms with Gasteiger partial charge in [-0.15, -0.1) is 0 Å². The molecule has 0 amide bonds. The third kappa shape index (κ3) is 2.36. The third-order valence-corrected chi connectivity index (χ3v) is 8.82. The van der Waals surface area contributed by atoms with Crippen LogP contribution < -0.4 is 0 Å². The van der Waals surface area contributed by atoms with Crippen molar-refractivity contribution in [2.24, 2.45) is 34.5 Å². The molecule has 30 heavy (non-hydrogen) atoms. The summed E-state index contributed by atoms with van der Waals surface area (Å²) in [7, 11) is 0. The SMILES string of the molecule is C/C=C(\C)C(=O)O[C@H]1C(C)=C[C@]23C(=O)[C@H](C=C(C)[C@@H](O)[C@]12O)[C@H]1[C@@H](C[C@H]3C)C1(C)C. The molecular formula is C25H34O5. The zero-order chi connectivity index (χ0) is 22.4. The first kappa shape index (κ1) is 21.5. The fourth-order valence-electron chi connectivity index (χ4n) is 6.89. The molecule has 0 aromatic heterocycles. The second kappa shape index (κ2) is 6.39. The highest BCUT2D eigenvalue weighted by atomic mass is 16.6. The molecule has 5 heteroatoms. The predicted molar refractivity (Wildman–Crippen MR) is 113 cm³/mol. The van der Waals surface area contributed by atoms with Gasteiger partial charge in [0.05, 0.1) is 5.41 Å². The van der Waals surface area contributed by atoms with Crippen LogP contribution >= 0.6 is 0 Å². The summed E-state index contributed by atoms with van der Waals surface area (Å²) < 4.78 is 5.76. The van der Waals surface area contributed by atoms with Gasteiger partial charge in [-0.25, -0.2) is 4.79 Å². The van der Waals surface area contributed by atoms with Crippen LogP contribution in [-0.4, -0.2) is 39.8 Å². The lowest BCUT2D eigenvalue weighted by Gasteiger charge is -2.48. The monoisotopic (exact) mass is 414 g/mol. The number of rotatable bonds is 2. The highest BCUT2D eigenvalue weighted by Gasteiger charge is 2.76. The number of hydrogen-bond acceptors (Lipinski definition) is 5. The number of esters is 1. The Hall–Kier alpha value is -1.72. The fraction of sp³-hybridized carbons (Fsp3) is 0.680. The van der Waals surface area contributed by atoms with Crippen LogP contribution in [0, 0.1) is 34.5 Å². The number of carbonyl (C=O) groups excluding carboxylic acids is 2. The Morgan fingerprint density at radius 2 is 1.90 bits per heavy atom. The topological polar surface area (TPSA) is 83.8 Å². The molecule has 0 unspecified atom stereocenters. The van der Waals surface area contributed by atoms with Gasteiger partial charge in [0.15, 0.2) is 17.5 Å². The van der Waals surface area contributed by atoms with E-state index < -0.39 is 29.2 Å². The average molecular weight is 415 g/mol. The van der Waals surface area contributed by atoms with E-state index in [1.54, 1.807) is 33.8 Å². The molecule has 164 valence electrons. The first-order valence-corrected chi connectivity index (χ1v) is 11.0. The summed E-state index contributed by atoms with van der Waals surface area (Å²) in [4.78, 5) is 26.7. The Morgan fingerprint density at radius 1 is 1.27 bits per heavy atom. The molecule has 0 aromatic rings. The van der Waals surface area contributed by atoms with Gasteiger partial charge in [-0.3, -0.25) is 4.79 Å². The van der Waals surface area contributed by atoms with Gasteiger partial charge in [0.1, 0.15) is 6.10 Å². The first-order chi connectivity index (χ1) is 13.9. The number of allylic oxidation sites excluding steroid dienone is 2. The molecule has 1 spiro atoms. The van der Waals surface area contributed by atoms with Crippen molar-refractivity contribution >= 4 is 11.8 Å². The summed E-state index contributed by atoms with van der Waals surface area (Å²) in [5.74, 6) is -0.541. The second-order valence-corrected chi connectivity index (χ2v) is 10.6. The molecule has 4 rings (SSSR count). The van der Waals surface area contributed by atoms with E-state index in [9.17, 15) is 19.8 Å². The van der Waals surface area contributed by atoms with Crippen LogP contribution in [0.4, 0.5) is 0 Å². The quantitative estimate of drug-likeness (QED) is 0.411. The average Bonchev–Trinajstić information content (AvgIpc) is 3.17. The summed E-state index contributed by atoms with van der Waals surface area (Å²) in [6.07, 6.45) is 3.74. The summed E-state index contributed by atoms with van der Waals surface area (Å²) in [6.45, 7) is 13.3. The van der Waals surface area contributed by atoms with Gasteiger partial charge in [-0.2, -0.15) is 0 Å². The number of Topliss-reactive ketones (excluding diaryl/α,β-unsaturated/α-hetero) is 1. The van der Waals surface area contributed by atoms with Crippen molar-refractivity contribution in [1.82, 2.24) is 0 Å². The molecule has 2 N–H and O–H groups in total. The zero-order valence-electron chi connectivity index (χ0n) is 19.0. The van der Waals surface area contributed by atoms with Gasteiger partial charge in [0, 0.05) is 11.5 Å². The Kier molecular flexibility index (Phi) is 4.58. The van der Waals surface area contributed by atoms with E-state index in [1.807, 2.05) is 19.1 Å². The zero-order valence-corrected chi connectivity index (χ0v) is 19.0. The summed E-state index contributed by atoms with van der Waals surface area (Å²) in [6, 6.07) is 0. The van der Waals surface area contributed by atoms with Crippen molar-refractivity contribution in [3.05, 3.63) is 34.9 Å². The maximum atomic E-state index is 14.1. The molecule has 0 saturated heterocycles. The molecule has 2 saturated carbocycles. The van der Waals surface area contributed by atoms with Crippen molar-refractivity contribution in [2.45, 2.75) is 72.7 Å².